The van der Waals surface area contributed by atoms with Gasteiger partial charge in [0, 0.05) is 17.6 Å². The highest BCUT2D eigenvalue weighted by Gasteiger charge is 2.34. The molecule has 3 rings (SSSR count). The van der Waals surface area contributed by atoms with Crippen LogP contribution in [0, 0.1) is 0 Å². The van der Waals surface area contributed by atoms with Crippen molar-refractivity contribution in [2.75, 3.05) is 0 Å². The number of rotatable bonds is 3. The molecule has 1 aromatic carbocycles. The Kier molecular flexibility index (Phi) is 4.10. The van der Waals surface area contributed by atoms with E-state index in [4.69, 9.17) is 11.6 Å². The third-order valence-electron chi connectivity index (χ3n) is 3.30. The van der Waals surface area contributed by atoms with Crippen molar-refractivity contribution in [3.8, 4) is 0 Å². The van der Waals surface area contributed by atoms with Crippen molar-refractivity contribution in [3.63, 3.8) is 0 Å². The van der Waals surface area contributed by atoms with Crippen LogP contribution in [0.4, 0.5) is 4.79 Å². The fourth-order valence-corrected chi connectivity index (χ4v) is 2.97. The number of nitrogens with one attached hydrogen (secondary N) is 1. The summed E-state index contributed by atoms with van der Waals surface area (Å²) >= 11 is 6.55. The van der Waals surface area contributed by atoms with Gasteiger partial charge >= 0.3 is 5.97 Å². The first kappa shape index (κ1) is 15.6. The van der Waals surface area contributed by atoms with Crippen LogP contribution in [0.3, 0.4) is 0 Å². The molecule has 0 spiro atoms. The monoisotopic (exact) mass is 351 g/mol. The zero-order valence-electron chi connectivity index (χ0n) is 11.5. The number of hydrogen-bond donors (Lipinski definition) is 2. The Bertz CT molecular complexity index is 760. The van der Waals surface area contributed by atoms with E-state index in [0.29, 0.717) is 22.5 Å². The number of imide groups is 1. The normalized spacial score (nSPS) is 22.5. The van der Waals surface area contributed by atoms with Crippen LogP contribution in [0.2, 0.25) is 5.02 Å². The van der Waals surface area contributed by atoms with Gasteiger partial charge in [-0.2, -0.15) is 5.10 Å². The number of hydrazone groups is 1. The van der Waals surface area contributed by atoms with Crippen LogP contribution in [0.1, 0.15) is 12.0 Å². The number of carboxylic acid groups (broad SMARTS) is 1. The first-order valence-corrected chi connectivity index (χ1v) is 7.73. The van der Waals surface area contributed by atoms with E-state index < -0.39 is 23.2 Å². The number of aliphatic carboxylic acids is 1. The van der Waals surface area contributed by atoms with Crippen molar-refractivity contribution in [1.82, 2.24) is 10.3 Å². The number of halogens is 1. The quantitative estimate of drug-likeness (QED) is 0.808. The Morgan fingerprint density at radius 3 is 2.65 bits per heavy atom. The van der Waals surface area contributed by atoms with Crippen LogP contribution < -0.4 is 5.32 Å². The van der Waals surface area contributed by atoms with Gasteiger partial charge in [0.2, 0.25) is 0 Å². The summed E-state index contributed by atoms with van der Waals surface area (Å²) in [6, 6.07) is 5.94. The molecule has 1 fully saturated rings. The maximum atomic E-state index is 11.6. The van der Waals surface area contributed by atoms with Gasteiger partial charge in [-0.1, -0.05) is 23.7 Å². The predicted molar refractivity (Wildman–Crippen MR) is 85.1 cm³/mol. The molecule has 0 saturated carbocycles. The first-order valence-electron chi connectivity index (χ1n) is 6.53. The molecule has 23 heavy (non-hydrogen) atoms. The maximum absolute atomic E-state index is 11.6. The summed E-state index contributed by atoms with van der Waals surface area (Å²) in [4.78, 5) is 34.3. The second-order valence-electron chi connectivity index (χ2n) is 4.83. The van der Waals surface area contributed by atoms with Crippen molar-refractivity contribution in [2.45, 2.75) is 12.5 Å². The zero-order chi connectivity index (χ0) is 16.6. The Morgan fingerprint density at radius 2 is 2.09 bits per heavy atom. The fraction of sp³-hybridized carbons (Fsp3) is 0.143. The number of thioether (sulfide) groups is 1. The van der Waals surface area contributed by atoms with Crippen LogP contribution in [0.5, 0.6) is 0 Å². The molecule has 1 atom stereocenters. The first-order chi connectivity index (χ1) is 10.9. The van der Waals surface area contributed by atoms with E-state index in [1.807, 2.05) is 0 Å². The van der Waals surface area contributed by atoms with Crippen molar-refractivity contribution in [2.24, 2.45) is 5.10 Å². The number of carboxylic acids is 1. The van der Waals surface area contributed by atoms with Crippen molar-refractivity contribution >= 4 is 46.2 Å². The number of hydrogen-bond acceptors (Lipinski definition) is 6. The number of carbonyl (C=O) groups is 3. The fourth-order valence-electron chi connectivity index (χ4n) is 2.19. The molecule has 0 aromatic heterocycles. The van der Waals surface area contributed by atoms with Crippen LogP contribution in [0.15, 0.2) is 40.5 Å². The molecule has 118 valence electrons. The van der Waals surface area contributed by atoms with E-state index in [1.165, 1.54) is 11.2 Å². The van der Waals surface area contributed by atoms with Crippen molar-refractivity contribution in [3.05, 3.63) is 46.0 Å². The van der Waals surface area contributed by atoms with E-state index in [0.717, 1.165) is 5.56 Å². The Labute approximate surface area is 140 Å². The molecule has 9 heteroatoms. The molecule has 2 aliphatic rings. The molecular weight excluding hydrogens is 342 g/mol. The Hall–Kier alpha value is -2.32. The molecule has 0 radical (unpaired) electrons. The molecule has 0 bridgehead atoms. The molecule has 1 aromatic rings. The number of benzene rings is 1. The summed E-state index contributed by atoms with van der Waals surface area (Å²) < 4.78 is 0. The topological polar surface area (TPSA) is 99.1 Å². The molecule has 2 N–H and O–H groups in total. The van der Waals surface area contributed by atoms with Crippen molar-refractivity contribution < 1.29 is 19.5 Å². The average molecular weight is 352 g/mol. The van der Waals surface area contributed by atoms with Gasteiger partial charge in [0.15, 0.2) is 6.04 Å². The summed E-state index contributed by atoms with van der Waals surface area (Å²) in [5.74, 6) is -1.62. The summed E-state index contributed by atoms with van der Waals surface area (Å²) in [5, 5.41) is 17.0. The lowest BCUT2D eigenvalue weighted by atomic mass is 10.0. The molecule has 2 amide bonds. The lowest BCUT2D eigenvalue weighted by molar-refractivity contribution is -0.141. The Morgan fingerprint density at radius 1 is 1.39 bits per heavy atom. The lowest BCUT2D eigenvalue weighted by Crippen LogP contribution is -2.31. The van der Waals surface area contributed by atoms with Gasteiger partial charge in [0.25, 0.3) is 11.1 Å². The van der Waals surface area contributed by atoms with Crippen LogP contribution in [-0.2, 0) is 9.59 Å². The largest absolute Gasteiger partial charge is 0.480 e. The average Bonchev–Trinajstić information content (AvgIpc) is 3.04. The van der Waals surface area contributed by atoms with Crippen LogP contribution in [0.25, 0.3) is 0 Å². The lowest BCUT2D eigenvalue weighted by Gasteiger charge is -2.15. The van der Waals surface area contributed by atoms with E-state index in [2.05, 4.69) is 10.4 Å². The summed E-state index contributed by atoms with van der Waals surface area (Å²) in [5.41, 5.74) is 1.32. The summed E-state index contributed by atoms with van der Waals surface area (Å²) in [6.45, 7) is 0. The minimum atomic E-state index is -1.07. The third kappa shape index (κ3) is 3.22. The van der Waals surface area contributed by atoms with E-state index in [1.54, 1.807) is 24.3 Å². The number of carbonyl (C=O) groups excluding carboxylic acids is 2. The van der Waals surface area contributed by atoms with E-state index in [-0.39, 0.29) is 11.3 Å². The third-order valence-corrected chi connectivity index (χ3v) is 4.35. The zero-order valence-corrected chi connectivity index (χ0v) is 13.1. The minimum Gasteiger partial charge on any atom is -0.480 e. The highest BCUT2D eigenvalue weighted by atomic mass is 35.5. The molecule has 2 heterocycles. The molecule has 0 unspecified atom stereocenters. The van der Waals surface area contributed by atoms with Gasteiger partial charge in [0.05, 0.1) is 5.71 Å². The van der Waals surface area contributed by atoms with Crippen LogP contribution in [-0.4, -0.2) is 39.0 Å². The van der Waals surface area contributed by atoms with Gasteiger partial charge < -0.3 is 5.11 Å². The van der Waals surface area contributed by atoms with Gasteiger partial charge in [-0.3, -0.25) is 19.9 Å². The SMILES string of the molecule is O=C1NC(=O)/C(=C/N2N=C(c3ccc(Cl)cc3)C[C@H]2C(=O)O)S1. The number of amides is 2. The van der Waals surface area contributed by atoms with Gasteiger partial charge in [0.1, 0.15) is 4.91 Å². The molecule has 7 nitrogen and oxygen atoms in total. The molecule has 1 saturated heterocycles. The van der Waals surface area contributed by atoms with Crippen LogP contribution >= 0.6 is 23.4 Å². The summed E-state index contributed by atoms with van der Waals surface area (Å²) in [7, 11) is 0. The van der Waals surface area contributed by atoms with Crippen molar-refractivity contribution in [1.29, 1.82) is 0 Å². The summed E-state index contributed by atoms with van der Waals surface area (Å²) in [6.07, 6.45) is 1.47. The highest BCUT2D eigenvalue weighted by Crippen LogP contribution is 2.28. The van der Waals surface area contributed by atoms with E-state index >= 15 is 0 Å². The molecule has 0 aliphatic carbocycles. The Balaban J connectivity index is 1.91. The minimum absolute atomic E-state index is 0.113. The van der Waals surface area contributed by atoms with E-state index in [9.17, 15) is 19.5 Å². The predicted octanol–water partition coefficient (Wildman–Crippen LogP) is 2.03. The maximum Gasteiger partial charge on any atom is 0.328 e. The second kappa shape index (κ2) is 6.05. The van der Waals surface area contributed by atoms with Gasteiger partial charge in [-0.15, -0.1) is 0 Å². The smallest absolute Gasteiger partial charge is 0.328 e. The van der Waals surface area contributed by atoms with Gasteiger partial charge in [-0.25, -0.2) is 4.79 Å². The molecular formula is C14H10ClN3O4S. The standard InChI is InChI=1S/C14H10ClN3O4S/c15-8-3-1-7(2-4-8)9-5-10(13(20)21)18(17-9)6-11-12(19)16-14(22)23-11/h1-4,6,10H,5H2,(H,20,21)(H,16,19,22)/b11-6-/t10-/m0/s1. The highest BCUT2D eigenvalue weighted by molar-refractivity contribution is 8.18. The molecule has 2 aliphatic heterocycles. The second-order valence-corrected chi connectivity index (χ2v) is 6.28. The van der Waals surface area contributed by atoms with Gasteiger partial charge in [-0.05, 0) is 29.5 Å². The number of nitrogens with zero attached hydrogens (tertiary/aromatic N) is 2.